The van der Waals surface area contributed by atoms with Crippen molar-refractivity contribution in [1.82, 2.24) is 0 Å². The smallest absolute Gasteiger partial charge is 0.156 e. The predicted octanol–water partition coefficient (Wildman–Crippen LogP) is 3.51. The number of anilines is 1. The predicted molar refractivity (Wildman–Crippen MR) is 72.2 cm³/mol. The Morgan fingerprint density at radius 2 is 2.28 bits per heavy atom. The van der Waals surface area contributed by atoms with Crippen molar-refractivity contribution < 1.29 is 13.9 Å². The Bertz CT molecular complexity index is 428. The molecule has 0 saturated carbocycles. The molecule has 1 unspecified atom stereocenters. The first-order valence-electron chi connectivity index (χ1n) is 5.92. The molecule has 3 nitrogen and oxygen atoms in total. The van der Waals surface area contributed by atoms with E-state index in [9.17, 15) is 4.39 Å². The number of rotatable bonds is 3. The fraction of sp³-hybridized carbons (Fsp3) is 0.538. The van der Waals surface area contributed by atoms with E-state index in [2.05, 4.69) is 29.8 Å². The summed E-state index contributed by atoms with van der Waals surface area (Å²) in [6.07, 6.45) is 2.05. The molecule has 0 aliphatic carbocycles. The van der Waals surface area contributed by atoms with E-state index in [0.29, 0.717) is 22.5 Å². The van der Waals surface area contributed by atoms with Gasteiger partial charge in [0.2, 0.25) is 0 Å². The summed E-state index contributed by atoms with van der Waals surface area (Å²) in [5.74, 6) is 0.0923. The van der Waals surface area contributed by atoms with E-state index in [4.69, 9.17) is 15.2 Å². The van der Waals surface area contributed by atoms with Crippen molar-refractivity contribution >= 4 is 21.6 Å². The van der Waals surface area contributed by atoms with Gasteiger partial charge in [-0.25, -0.2) is 4.39 Å². The van der Waals surface area contributed by atoms with Crippen molar-refractivity contribution in [3.63, 3.8) is 0 Å². The summed E-state index contributed by atoms with van der Waals surface area (Å²) in [5, 5.41) is 0. The van der Waals surface area contributed by atoms with Gasteiger partial charge in [0.15, 0.2) is 5.75 Å². The normalized spacial score (nSPS) is 22.1. The highest BCUT2D eigenvalue weighted by Crippen LogP contribution is 2.34. The van der Waals surface area contributed by atoms with Gasteiger partial charge in [-0.2, -0.15) is 0 Å². The summed E-state index contributed by atoms with van der Waals surface area (Å²) in [4.78, 5) is 0. The van der Waals surface area contributed by atoms with E-state index in [1.807, 2.05) is 0 Å². The highest BCUT2D eigenvalue weighted by atomic mass is 79.9. The molecule has 2 rings (SSSR count). The first-order chi connectivity index (χ1) is 8.37. The molecule has 1 saturated heterocycles. The lowest BCUT2D eigenvalue weighted by molar-refractivity contribution is -0.0326. The number of benzene rings is 1. The average molecular weight is 318 g/mol. The number of hydrogen-bond acceptors (Lipinski definition) is 3. The average Bonchev–Trinajstić information content (AvgIpc) is 2.56. The summed E-state index contributed by atoms with van der Waals surface area (Å²) >= 11 is 3.24. The lowest BCUT2D eigenvalue weighted by Crippen LogP contribution is -2.24. The Balaban J connectivity index is 1.99. The lowest BCUT2D eigenvalue weighted by atomic mass is 10.1. The molecule has 2 N–H and O–H groups in total. The number of ether oxygens (including phenoxy) is 2. The van der Waals surface area contributed by atoms with E-state index in [1.165, 1.54) is 12.1 Å². The second kappa shape index (κ2) is 5.05. The fourth-order valence-electron chi connectivity index (χ4n) is 2.10. The Kier molecular flexibility index (Phi) is 3.82. The number of nitrogens with two attached hydrogens (primary N) is 1. The molecule has 100 valence electrons. The molecule has 0 amide bonds. The second-order valence-corrected chi connectivity index (χ2v) is 6.01. The molecule has 1 aromatic rings. The molecule has 0 aromatic heterocycles. The summed E-state index contributed by atoms with van der Waals surface area (Å²) in [6.45, 7) is 4.56. The molecule has 1 heterocycles. The van der Waals surface area contributed by atoms with E-state index >= 15 is 0 Å². The Morgan fingerprint density at radius 1 is 1.56 bits per heavy atom. The van der Waals surface area contributed by atoms with Crippen LogP contribution in [0.2, 0.25) is 0 Å². The molecule has 1 atom stereocenters. The summed E-state index contributed by atoms with van der Waals surface area (Å²) in [6, 6.07) is 2.59. The van der Waals surface area contributed by atoms with Crippen molar-refractivity contribution in [3.8, 4) is 5.75 Å². The highest BCUT2D eigenvalue weighted by Gasteiger charge is 2.32. The minimum atomic E-state index is -0.384. The highest BCUT2D eigenvalue weighted by molar-refractivity contribution is 9.10. The molecule has 1 fully saturated rings. The standard InChI is InChI=1S/C13H17BrFNO2/c1-13(2)4-3-9(18-13)7-17-12-10(14)5-8(15)6-11(12)16/h5-6,9H,3-4,7,16H2,1-2H3. The van der Waals surface area contributed by atoms with Crippen LogP contribution in [0.3, 0.4) is 0 Å². The van der Waals surface area contributed by atoms with E-state index in [1.54, 1.807) is 0 Å². The van der Waals surface area contributed by atoms with Crippen molar-refractivity contribution in [2.75, 3.05) is 12.3 Å². The number of hydrogen-bond donors (Lipinski definition) is 1. The lowest BCUT2D eigenvalue weighted by Gasteiger charge is -2.20. The quantitative estimate of drug-likeness (QED) is 0.868. The molecule has 5 heteroatoms. The van der Waals surface area contributed by atoms with Gasteiger partial charge in [0.25, 0.3) is 0 Å². The van der Waals surface area contributed by atoms with Crippen LogP contribution in [0.25, 0.3) is 0 Å². The van der Waals surface area contributed by atoms with Gasteiger partial charge in [-0.1, -0.05) is 0 Å². The van der Waals surface area contributed by atoms with Gasteiger partial charge in [0.05, 0.1) is 21.9 Å². The summed E-state index contributed by atoms with van der Waals surface area (Å²) in [5.41, 5.74) is 5.93. The Morgan fingerprint density at radius 3 is 2.83 bits per heavy atom. The maximum atomic E-state index is 13.1. The van der Waals surface area contributed by atoms with Gasteiger partial charge in [-0.15, -0.1) is 0 Å². The third-order valence-electron chi connectivity index (χ3n) is 3.00. The third kappa shape index (κ3) is 3.14. The maximum Gasteiger partial charge on any atom is 0.156 e. The fourth-order valence-corrected chi connectivity index (χ4v) is 2.67. The van der Waals surface area contributed by atoms with Gasteiger partial charge in [0, 0.05) is 6.07 Å². The molecule has 0 radical (unpaired) electrons. The minimum absolute atomic E-state index is 0.0661. The van der Waals surface area contributed by atoms with Gasteiger partial charge in [-0.3, -0.25) is 0 Å². The number of halogens is 2. The summed E-state index contributed by atoms with van der Waals surface area (Å²) < 4.78 is 25.0. The zero-order valence-corrected chi connectivity index (χ0v) is 12.1. The van der Waals surface area contributed by atoms with Crippen molar-refractivity contribution in [2.24, 2.45) is 0 Å². The van der Waals surface area contributed by atoms with Gasteiger partial charge < -0.3 is 15.2 Å². The van der Waals surface area contributed by atoms with Crippen LogP contribution in [-0.4, -0.2) is 18.3 Å². The molecule has 0 bridgehead atoms. The topological polar surface area (TPSA) is 44.5 Å². The molecule has 1 aliphatic rings. The molecule has 1 aliphatic heterocycles. The van der Waals surface area contributed by atoms with Crippen molar-refractivity contribution in [1.29, 1.82) is 0 Å². The van der Waals surface area contributed by atoms with Crippen molar-refractivity contribution in [3.05, 3.63) is 22.4 Å². The van der Waals surface area contributed by atoms with Gasteiger partial charge in [0.1, 0.15) is 12.4 Å². The first-order valence-corrected chi connectivity index (χ1v) is 6.72. The Hall–Kier alpha value is -0.810. The molecule has 1 aromatic carbocycles. The van der Waals surface area contributed by atoms with Gasteiger partial charge in [-0.05, 0) is 48.7 Å². The van der Waals surface area contributed by atoms with Crippen LogP contribution < -0.4 is 10.5 Å². The van der Waals surface area contributed by atoms with Crippen LogP contribution in [-0.2, 0) is 4.74 Å². The zero-order chi connectivity index (χ0) is 13.3. The van der Waals surface area contributed by atoms with E-state index < -0.39 is 0 Å². The largest absolute Gasteiger partial charge is 0.488 e. The molecule has 0 spiro atoms. The zero-order valence-electron chi connectivity index (χ0n) is 10.5. The third-order valence-corrected chi connectivity index (χ3v) is 3.59. The minimum Gasteiger partial charge on any atom is -0.488 e. The van der Waals surface area contributed by atoms with Crippen LogP contribution >= 0.6 is 15.9 Å². The Labute approximate surface area is 115 Å². The first kappa shape index (κ1) is 13.6. The van der Waals surface area contributed by atoms with Crippen LogP contribution in [0.4, 0.5) is 10.1 Å². The molecule has 18 heavy (non-hydrogen) atoms. The van der Waals surface area contributed by atoms with Crippen LogP contribution in [0.5, 0.6) is 5.75 Å². The van der Waals surface area contributed by atoms with Crippen LogP contribution in [0, 0.1) is 5.82 Å². The van der Waals surface area contributed by atoms with Crippen LogP contribution in [0.15, 0.2) is 16.6 Å². The van der Waals surface area contributed by atoms with E-state index in [0.717, 1.165) is 12.8 Å². The monoisotopic (exact) mass is 317 g/mol. The van der Waals surface area contributed by atoms with Crippen LogP contribution in [0.1, 0.15) is 26.7 Å². The SMILES string of the molecule is CC1(C)CCC(COc2c(N)cc(F)cc2Br)O1. The number of nitrogen functional groups attached to an aromatic ring is 1. The molecular weight excluding hydrogens is 301 g/mol. The molecular formula is C13H17BrFNO2. The maximum absolute atomic E-state index is 13.1. The summed E-state index contributed by atoms with van der Waals surface area (Å²) in [7, 11) is 0. The van der Waals surface area contributed by atoms with Gasteiger partial charge >= 0.3 is 0 Å². The van der Waals surface area contributed by atoms with Crippen molar-refractivity contribution in [2.45, 2.75) is 38.4 Å². The van der Waals surface area contributed by atoms with E-state index in [-0.39, 0.29) is 17.5 Å². The second-order valence-electron chi connectivity index (χ2n) is 5.16.